The van der Waals surface area contributed by atoms with E-state index in [-0.39, 0.29) is 17.3 Å². The van der Waals surface area contributed by atoms with Gasteiger partial charge in [0.05, 0.1) is 15.9 Å². The van der Waals surface area contributed by atoms with E-state index in [2.05, 4.69) is 27.9 Å². The first kappa shape index (κ1) is 25.7. The molecule has 0 unspecified atom stereocenters. The fraction of sp³-hybridized carbons (Fsp3) is 0.333. The highest BCUT2D eigenvalue weighted by Gasteiger charge is 2.16. The number of nitrogen functional groups attached to an aromatic ring is 1. The van der Waals surface area contributed by atoms with Gasteiger partial charge in [0.15, 0.2) is 5.82 Å². The van der Waals surface area contributed by atoms with E-state index in [0.29, 0.717) is 5.82 Å². The van der Waals surface area contributed by atoms with Crippen LogP contribution in [-0.2, 0) is 23.0 Å². The van der Waals surface area contributed by atoms with Crippen molar-refractivity contribution >= 4 is 55.9 Å². The highest BCUT2D eigenvalue weighted by molar-refractivity contribution is 7.89. The number of para-hydroxylation sites is 1. The van der Waals surface area contributed by atoms with Crippen molar-refractivity contribution in [3.63, 3.8) is 0 Å². The molecule has 4 aromatic rings. The molecule has 0 bridgehead atoms. The molecule has 10 heteroatoms. The average molecular weight is 503 g/mol. The minimum Gasteiger partial charge on any atom is -0.385 e. The van der Waals surface area contributed by atoms with Crippen LogP contribution in [0.25, 0.3) is 21.9 Å². The number of fused-ring (bicyclic) bond motifs is 3. The van der Waals surface area contributed by atoms with Crippen LogP contribution in [0.15, 0.2) is 53.4 Å². The molecule has 182 valence electrons. The lowest BCUT2D eigenvalue weighted by Crippen LogP contribution is -2.12. The molecule has 2 aromatic heterocycles. The molecule has 5 N–H and O–H groups in total. The van der Waals surface area contributed by atoms with E-state index in [1.807, 2.05) is 18.2 Å². The molecule has 0 spiro atoms. The van der Waals surface area contributed by atoms with Crippen LogP contribution >= 0.6 is 12.4 Å². The molecule has 2 heterocycles. The van der Waals surface area contributed by atoms with Crippen LogP contribution in [0.4, 0.5) is 11.5 Å². The Balaban J connectivity index is 0.00000324. The number of aryl methyl sites for hydroxylation is 2. The van der Waals surface area contributed by atoms with Crippen LogP contribution in [0.3, 0.4) is 0 Å². The SMILES string of the molecule is CCCCc1nc2c(N)nc3ccccc3c2n1CCCCNc1ccc(S(N)(=O)=O)cc1.Cl. The number of pyridine rings is 1. The minimum absolute atomic E-state index is 0. The van der Waals surface area contributed by atoms with Gasteiger partial charge < -0.3 is 15.6 Å². The molecule has 8 nitrogen and oxygen atoms in total. The maximum Gasteiger partial charge on any atom is 0.238 e. The number of anilines is 2. The summed E-state index contributed by atoms with van der Waals surface area (Å²) in [6, 6.07) is 14.5. The van der Waals surface area contributed by atoms with Gasteiger partial charge in [0.1, 0.15) is 11.3 Å². The third-order valence-corrected chi connectivity index (χ3v) is 6.69. The molecule has 0 fully saturated rings. The second-order valence-corrected chi connectivity index (χ2v) is 9.76. The van der Waals surface area contributed by atoms with Gasteiger partial charge in [-0.3, -0.25) is 0 Å². The fourth-order valence-electron chi connectivity index (χ4n) is 4.06. The van der Waals surface area contributed by atoms with Gasteiger partial charge in [-0.1, -0.05) is 31.5 Å². The van der Waals surface area contributed by atoms with Crippen molar-refractivity contribution in [1.82, 2.24) is 14.5 Å². The molecule has 0 saturated carbocycles. The summed E-state index contributed by atoms with van der Waals surface area (Å²) in [6.45, 7) is 3.80. The van der Waals surface area contributed by atoms with E-state index in [0.717, 1.165) is 78.6 Å². The summed E-state index contributed by atoms with van der Waals surface area (Å²) in [5.74, 6) is 1.54. The molecule has 4 rings (SSSR count). The summed E-state index contributed by atoms with van der Waals surface area (Å²) >= 11 is 0. The Morgan fingerprint density at radius 1 is 1.00 bits per heavy atom. The summed E-state index contributed by atoms with van der Waals surface area (Å²) < 4.78 is 25.1. The number of sulfonamides is 1. The first-order valence-corrected chi connectivity index (χ1v) is 12.8. The van der Waals surface area contributed by atoms with Crippen molar-refractivity contribution in [2.75, 3.05) is 17.6 Å². The van der Waals surface area contributed by atoms with Crippen molar-refractivity contribution in [3.8, 4) is 0 Å². The number of nitrogens with two attached hydrogens (primary N) is 2. The second-order valence-electron chi connectivity index (χ2n) is 8.20. The van der Waals surface area contributed by atoms with Gasteiger partial charge in [0, 0.05) is 30.6 Å². The number of hydrogen-bond donors (Lipinski definition) is 3. The first-order chi connectivity index (χ1) is 15.9. The number of aromatic nitrogens is 3. The minimum atomic E-state index is -3.67. The predicted octanol–water partition coefficient (Wildman–Crippen LogP) is 4.47. The molecule has 0 radical (unpaired) electrons. The first-order valence-electron chi connectivity index (χ1n) is 11.3. The van der Waals surface area contributed by atoms with Crippen molar-refractivity contribution in [1.29, 1.82) is 0 Å². The zero-order valence-corrected chi connectivity index (χ0v) is 20.8. The smallest absolute Gasteiger partial charge is 0.238 e. The van der Waals surface area contributed by atoms with Crippen molar-refractivity contribution in [2.45, 2.75) is 50.5 Å². The molecule has 0 amide bonds. The van der Waals surface area contributed by atoms with Crippen LogP contribution in [0, 0.1) is 0 Å². The zero-order chi connectivity index (χ0) is 23.4. The number of unbranched alkanes of at least 4 members (excludes halogenated alkanes) is 2. The van der Waals surface area contributed by atoms with Gasteiger partial charge in [-0.2, -0.15) is 0 Å². The Morgan fingerprint density at radius 2 is 1.74 bits per heavy atom. The molecule has 0 atom stereocenters. The van der Waals surface area contributed by atoms with Crippen LogP contribution in [-0.4, -0.2) is 29.5 Å². The Hall–Kier alpha value is -2.88. The van der Waals surface area contributed by atoms with Crippen LogP contribution in [0.1, 0.15) is 38.4 Å². The third kappa shape index (κ3) is 5.60. The average Bonchev–Trinajstić information content (AvgIpc) is 3.16. The van der Waals surface area contributed by atoms with Gasteiger partial charge in [-0.25, -0.2) is 23.5 Å². The summed E-state index contributed by atoms with van der Waals surface area (Å²) in [7, 11) is -3.67. The number of nitrogens with zero attached hydrogens (tertiary/aromatic N) is 3. The summed E-state index contributed by atoms with van der Waals surface area (Å²) in [5.41, 5.74) is 9.87. The lowest BCUT2D eigenvalue weighted by Gasteiger charge is -2.12. The number of imidazole rings is 1. The summed E-state index contributed by atoms with van der Waals surface area (Å²) in [5, 5.41) is 9.56. The van der Waals surface area contributed by atoms with Crippen molar-refractivity contribution in [2.24, 2.45) is 5.14 Å². The molecule has 0 aliphatic heterocycles. The van der Waals surface area contributed by atoms with E-state index in [1.54, 1.807) is 12.1 Å². The monoisotopic (exact) mass is 502 g/mol. The lowest BCUT2D eigenvalue weighted by atomic mass is 10.2. The van der Waals surface area contributed by atoms with Gasteiger partial charge in [-0.15, -0.1) is 12.4 Å². The molecule has 0 aliphatic carbocycles. The van der Waals surface area contributed by atoms with Crippen molar-refractivity contribution in [3.05, 3.63) is 54.4 Å². The van der Waals surface area contributed by atoms with Gasteiger partial charge in [-0.05, 0) is 49.6 Å². The maximum atomic E-state index is 11.4. The topological polar surface area (TPSA) is 129 Å². The quantitative estimate of drug-likeness (QED) is 0.274. The lowest BCUT2D eigenvalue weighted by molar-refractivity contribution is 0.597. The number of halogens is 1. The Morgan fingerprint density at radius 3 is 2.44 bits per heavy atom. The van der Waals surface area contributed by atoms with Crippen LogP contribution in [0.5, 0.6) is 0 Å². The Kier molecular flexibility index (Phi) is 8.35. The second kappa shape index (κ2) is 11.0. The zero-order valence-electron chi connectivity index (χ0n) is 19.2. The number of nitrogens with one attached hydrogen (secondary N) is 1. The fourth-order valence-corrected chi connectivity index (χ4v) is 4.58. The number of benzene rings is 2. The standard InChI is InChI=1S/C24H30N6O2S.ClH/c1-2-3-10-21-29-22-23(19-8-4-5-9-20(19)28-24(22)25)30(21)16-7-6-15-27-17-11-13-18(14-12-17)33(26,31)32;/h4-5,8-9,11-14,27H,2-3,6-7,10,15-16H2,1H3,(H2,25,28)(H2,26,31,32);1H. The van der Waals surface area contributed by atoms with Crippen molar-refractivity contribution < 1.29 is 8.42 Å². The maximum absolute atomic E-state index is 11.4. The van der Waals surface area contributed by atoms with Gasteiger partial charge in [0.25, 0.3) is 0 Å². The summed E-state index contributed by atoms with van der Waals surface area (Å²) in [4.78, 5) is 9.54. The third-order valence-electron chi connectivity index (χ3n) is 5.76. The van der Waals surface area contributed by atoms with Crippen LogP contribution in [0.2, 0.25) is 0 Å². The van der Waals surface area contributed by atoms with E-state index >= 15 is 0 Å². The highest BCUT2D eigenvalue weighted by Crippen LogP contribution is 2.29. The Labute approximate surface area is 206 Å². The predicted molar refractivity (Wildman–Crippen MR) is 141 cm³/mol. The van der Waals surface area contributed by atoms with Gasteiger partial charge >= 0.3 is 0 Å². The molecule has 34 heavy (non-hydrogen) atoms. The molecule has 0 aliphatic rings. The largest absolute Gasteiger partial charge is 0.385 e. The molecular formula is C24H31ClN6O2S. The van der Waals surface area contributed by atoms with E-state index in [4.69, 9.17) is 15.9 Å². The molecule has 2 aromatic carbocycles. The van der Waals surface area contributed by atoms with E-state index in [1.165, 1.54) is 12.1 Å². The van der Waals surface area contributed by atoms with E-state index in [9.17, 15) is 8.42 Å². The number of hydrogen-bond acceptors (Lipinski definition) is 6. The molecule has 0 saturated heterocycles. The molecular weight excluding hydrogens is 472 g/mol. The van der Waals surface area contributed by atoms with Crippen LogP contribution < -0.4 is 16.2 Å². The number of rotatable bonds is 10. The number of primary sulfonamides is 1. The van der Waals surface area contributed by atoms with E-state index < -0.39 is 10.0 Å². The Bertz CT molecular complexity index is 1370. The normalized spacial score (nSPS) is 11.6. The highest BCUT2D eigenvalue weighted by atomic mass is 35.5. The van der Waals surface area contributed by atoms with Gasteiger partial charge in [0.2, 0.25) is 10.0 Å². The summed E-state index contributed by atoms with van der Waals surface area (Å²) in [6.07, 6.45) is 5.00.